The maximum atomic E-state index is 12.1. The first kappa shape index (κ1) is 12.8. The number of hydrogen-bond acceptors (Lipinski definition) is 3. The van der Waals surface area contributed by atoms with Crippen LogP contribution >= 0.6 is 66.1 Å². The molecule has 1 nitrogen and oxygen atoms in total. The van der Waals surface area contributed by atoms with Crippen molar-refractivity contribution in [2.24, 2.45) is 0 Å². The molecule has 0 aliphatic heterocycles. The number of aryl methyl sites for hydroxylation is 1. The number of halogens is 3. The smallest absolute Gasteiger partial charge is 0.212 e. The molecule has 0 spiro atoms. The van der Waals surface area contributed by atoms with Gasteiger partial charge in [0.25, 0.3) is 0 Å². The minimum atomic E-state index is 0.0244. The van der Waals surface area contributed by atoms with Crippen LogP contribution in [0.4, 0.5) is 0 Å². The number of rotatable bonds is 2. The van der Waals surface area contributed by atoms with Crippen LogP contribution < -0.4 is 0 Å². The Hall–Kier alpha value is 0.320. The number of ketones is 1. The topological polar surface area (TPSA) is 17.1 Å². The molecule has 0 radical (unpaired) electrons. The lowest BCUT2D eigenvalue weighted by atomic mass is 10.2. The molecule has 0 saturated carbocycles. The zero-order chi connectivity index (χ0) is 11.9. The number of thiophene rings is 2. The van der Waals surface area contributed by atoms with Gasteiger partial charge in [0.05, 0.1) is 22.3 Å². The maximum Gasteiger partial charge on any atom is 0.212 e. The highest BCUT2D eigenvalue weighted by atomic mass is 79.9. The largest absolute Gasteiger partial charge is 0.287 e. The summed E-state index contributed by atoms with van der Waals surface area (Å²) in [6, 6.07) is 3.58. The molecule has 84 valence electrons. The van der Waals surface area contributed by atoms with Crippen molar-refractivity contribution < 1.29 is 4.79 Å². The Morgan fingerprint density at radius 2 is 1.75 bits per heavy atom. The first-order valence-corrected chi connectivity index (χ1v) is 7.84. The van der Waals surface area contributed by atoms with Crippen LogP contribution in [0.15, 0.2) is 19.7 Å². The van der Waals surface area contributed by atoms with Gasteiger partial charge >= 0.3 is 0 Å². The molecule has 0 bridgehead atoms. The van der Waals surface area contributed by atoms with Crippen molar-refractivity contribution in [1.29, 1.82) is 0 Å². The highest BCUT2D eigenvalue weighted by Gasteiger charge is 2.17. The van der Waals surface area contributed by atoms with Crippen molar-refractivity contribution in [3.63, 3.8) is 0 Å². The summed E-state index contributed by atoms with van der Waals surface area (Å²) in [7, 11) is 0. The van der Waals surface area contributed by atoms with E-state index >= 15 is 0 Å². The number of hydrogen-bond donors (Lipinski definition) is 0. The Kier molecular flexibility index (Phi) is 3.91. The van der Waals surface area contributed by atoms with Crippen molar-refractivity contribution in [3.05, 3.63) is 40.0 Å². The third-order valence-electron chi connectivity index (χ3n) is 1.95. The van der Waals surface area contributed by atoms with E-state index in [4.69, 9.17) is 11.6 Å². The number of carbonyl (C=O) groups is 1. The fraction of sp³-hybridized carbons (Fsp3) is 0.100. The van der Waals surface area contributed by atoms with E-state index in [1.54, 1.807) is 6.07 Å². The van der Waals surface area contributed by atoms with Crippen LogP contribution in [0, 0.1) is 6.92 Å². The van der Waals surface area contributed by atoms with Crippen LogP contribution in [0.1, 0.15) is 20.1 Å². The molecule has 16 heavy (non-hydrogen) atoms. The zero-order valence-corrected chi connectivity index (χ0v) is 13.6. The summed E-state index contributed by atoms with van der Waals surface area (Å²) < 4.78 is 1.79. The molecular weight excluding hydrogens is 396 g/mol. The molecule has 0 aliphatic carbocycles. The first-order chi connectivity index (χ1) is 7.49. The van der Waals surface area contributed by atoms with Crippen LogP contribution in [-0.2, 0) is 0 Å². The summed E-state index contributed by atoms with van der Waals surface area (Å²) in [6.07, 6.45) is 0. The van der Waals surface area contributed by atoms with Crippen molar-refractivity contribution >= 4 is 71.9 Å². The second-order valence-electron chi connectivity index (χ2n) is 3.13. The quantitative estimate of drug-likeness (QED) is 0.606. The molecule has 0 amide bonds. The summed E-state index contributed by atoms with van der Waals surface area (Å²) >= 11 is 15.4. The molecule has 0 unspecified atom stereocenters. The Labute approximate surface area is 123 Å². The molecule has 0 saturated heterocycles. The lowest BCUT2D eigenvalue weighted by molar-refractivity contribution is 0.104. The van der Waals surface area contributed by atoms with Crippen LogP contribution in [0.25, 0.3) is 0 Å². The average Bonchev–Trinajstić information content (AvgIpc) is 2.72. The second-order valence-corrected chi connectivity index (χ2v) is 8.28. The van der Waals surface area contributed by atoms with E-state index in [2.05, 4.69) is 31.9 Å². The van der Waals surface area contributed by atoms with Crippen molar-refractivity contribution in [2.75, 3.05) is 0 Å². The molecule has 0 fully saturated rings. The van der Waals surface area contributed by atoms with Crippen LogP contribution in [0.2, 0.25) is 5.02 Å². The van der Waals surface area contributed by atoms with Crippen molar-refractivity contribution in [1.82, 2.24) is 0 Å². The summed E-state index contributed by atoms with van der Waals surface area (Å²) in [6.45, 7) is 1.97. The van der Waals surface area contributed by atoms with E-state index in [9.17, 15) is 4.79 Å². The van der Waals surface area contributed by atoms with Gasteiger partial charge in [0.2, 0.25) is 5.78 Å². The highest BCUT2D eigenvalue weighted by molar-refractivity contribution is 9.11. The molecule has 2 rings (SSSR count). The molecule has 2 aromatic rings. The molecule has 0 aromatic carbocycles. The van der Waals surface area contributed by atoms with Crippen LogP contribution in [0.5, 0.6) is 0 Å². The van der Waals surface area contributed by atoms with Gasteiger partial charge in [0, 0.05) is 0 Å². The highest BCUT2D eigenvalue weighted by Crippen LogP contribution is 2.35. The van der Waals surface area contributed by atoms with Gasteiger partial charge < -0.3 is 0 Å². The van der Waals surface area contributed by atoms with Gasteiger partial charge in [-0.3, -0.25) is 4.79 Å². The summed E-state index contributed by atoms with van der Waals surface area (Å²) in [5, 5.41) is 0.584. The molecule has 0 aliphatic rings. The lowest BCUT2D eigenvalue weighted by Gasteiger charge is -1.90. The van der Waals surface area contributed by atoms with Gasteiger partial charge in [-0.2, -0.15) is 0 Å². The number of carbonyl (C=O) groups excluding carboxylic acids is 1. The predicted octanol–water partition coefficient (Wildman–Crippen LogP) is 5.53. The summed E-state index contributed by atoms with van der Waals surface area (Å²) in [5.41, 5.74) is 1.08. The van der Waals surface area contributed by atoms with Crippen molar-refractivity contribution in [3.8, 4) is 0 Å². The van der Waals surface area contributed by atoms with Gasteiger partial charge in [-0.1, -0.05) is 11.6 Å². The monoisotopic (exact) mass is 398 g/mol. The molecule has 0 N–H and O–H groups in total. The predicted molar refractivity (Wildman–Crippen MR) is 77.2 cm³/mol. The fourth-order valence-electron chi connectivity index (χ4n) is 1.15. The molecule has 2 aromatic heterocycles. The minimum Gasteiger partial charge on any atom is -0.287 e. The summed E-state index contributed by atoms with van der Waals surface area (Å²) in [4.78, 5) is 13.5. The molecule has 6 heteroatoms. The van der Waals surface area contributed by atoms with Gasteiger partial charge in [-0.15, -0.1) is 22.7 Å². The molecule has 0 atom stereocenters. The van der Waals surface area contributed by atoms with E-state index in [-0.39, 0.29) is 5.78 Å². The Bertz CT molecular complexity index is 472. The molecular formula is C10H5Br2ClOS2. The Morgan fingerprint density at radius 3 is 2.19 bits per heavy atom. The van der Waals surface area contributed by atoms with E-state index in [1.807, 2.05) is 13.0 Å². The fourth-order valence-corrected chi connectivity index (χ4v) is 4.36. The van der Waals surface area contributed by atoms with E-state index in [0.29, 0.717) is 9.90 Å². The van der Waals surface area contributed by atoms with Gasteiger partial charge in [0.15, 0.2) is 0 Å². The standard InChI is InChI=1S/C10H5Br2ClOS2/c1-4-2-6(15-9(4)11)8(14)7-3-5(13)10(12)16-7/h2-3H,1H3. The van der Waals surface area contributed by atoms with Crippen molar-refractivity contribution in [2.45, 2.75) is 6.92 Å². The van der Waals surface area contributed by atoms with Gasteiger partial charge in [0.1, 0.15) is 0 Å². The second kappa shape index (κ2) is 4.90. The average molecular weight is 401 g/mol. The first-order valence-electron chi connectivity index (χ1n) is 4.24. The Morgan fingerprint density at radius 1 is 1.19 bits per heavy atom. The third kappa shape index (κ3) is 2.43. The summed E-state index contributed by atoms with van der Waals surface area (Å²) in [5.74, 6) is 0.0244. The maximum absolute atomic E-state index is 12.1. The normalized spacial score (nSPS) is 10.8. The van der Waals surface area contributed by atoms with E-state index in [0.717, 1.165) is 18.0 Å². The lowest BCUT2D eigenvalue weighted by Crippen LogP contribution is -1.94. The van der Waals surface area contributed by atoms with Crippen LogP contribution in [-0.4, -0.2) is 5.78 Å². The van der Waals surface area contributed by atoms with E-state index in [1.165, 1.54) is 22.7 Å². The van der Waals surface area contributed by atoms with Gasteiger partial charge in [-0.25, -0.2) is 0 Å². The zero-order valence-electron chi connectivity index (χ0n) is 8.01. The third-order valence-corrected chi connectivity index (χ3v) is 6.56. The van der Waals surface area contributed by atoms with E-state index < -0.39 is 0 Å². The SMILES string of the molecule is Cc1cc(C(=O)c2cc(Cl)c(Br)s2)sc1Br. The van der Waals surface area contributed by atoms with Gasteiger partial charge in [-0.05, 0) is 56.5 Å². The van der Waals surface area contributed by atoms with Crippen LogP contribution in [0.3, 0.4) is 0 Å². The minimum absolute atomic E-state index is 0.0244. The molecule has 2 heterocycles. The Balaban J connectivity index is 2.38.